The van der Waals surface area contributed by atoms with Crippen molar-refractivity contribution in [2.24, 2.45) is 0 Å². The molecule has 0 spiro atoms. The molecule has 2 amide bonds. The van der Waals surface area contributed by atoms with Gasteiger partial charge >= 0.3 is 0 Å². The number of benzene rings is 2. The van der Waals surface area contributed by atoms with Crippen molar-refractivity contribution < 1.29 is 18.7 Å². The lowest BCUT2D eigenvalue weighted by atomic mass is 9.99. The average Bonchev–Trinajstić information content (AvgIpc) is 3.30. The third-order valence-electron chi connectivity index (χ3n) is 4.91. The van der Waals surface area contributed by atoms with Crippen molar-refractivity contribution in [1.82, 2.24) is 5.32 Å². The van der Waals surface area contributed by atoms with Gasteiger partial charge in [0.25, 0.3) is 11.8 Å². The molecule has 7 heteroatoms. The molecule has 1 atom stereocenters. The molecule has 3 aromatic rings. The summed E-state index contributed by atoms with van der Waals surface area (Å²) in [4.78, 5) is 24.6. The van der Waals surface area contributed by atoms with Gasteiger partial charge in [-0.05, 0) is 76.3 Å². The monoisotopic (exact) mass is 484 g/mol. The molecule has 0 aliphatic carbocycles. The number of carbonyl (C=O) groups excluding carboxylic acids is 2. The second-order valence-corrected chi connectivity index (χ2v) is 8.03. The number of hydrogen-bond donors (Lipinski definition) is 2. The first kappa shape index (κ1) is 22.6. The van der Waals surface area contributed by atoms with Gasteiger partial charge in [-0.2, -0.15) is 0 Å². The molecule has 0 aliphatic heterocycles. The lowest BCUT2D eigenvalue weighted by molar-refractivity contribution is -0.118. The quantitative estimate of drug-likeness (QED) is 0.419. The van der Waals surface area contributed by atoms with Crippen molar-refractivity contribution in [1.29, 1.82) is 0 Å². The molecule has 0 radical (unpaired) electrons. The first-order valence-corrected chi connectivity index (χ1v) is 10.9. The zero-order valence-electron chi connectivity index (χ0n) is 17.5. The van der Waals surface area contributed by atoms with Gasteiger partial charge in [-0.3, -0.25) is 9.59 Å². The molecule has 162 valence electrons. The molecular formula is C24H25BrN2O4. The largest absolute Gasteiger partial charge is 0.483 e. The summed E-state index contributed by atoms with van der Waals surface area (Å²) in [5, 5.41) is 5.53. The van der Waals surface area contributed by atoms with E-state index >= 15 is 0 Å². The lowest BCUT2D eigenvalue weighted by Gasteiger charge is -2.13. The van der Waals surface area contributed by atoms with Crippen LogP contribution in [0, 0.1) is 0 Å². The second kappa shape index (κ2) is 10.8. The summed E-state index contributed by atoms with van der Waals surface area (Å²) in [5.74, 6) is 1.16. The Bertz CT molecular complexity index is 1030. The van der Waals surface area contributed by atoms with E-state index in [9.17, 15) is 9.59 Å². The average molecular weight is 485 g/mol. The van der Waals surface area contributed by atoms with Crippen LogP contribution in [0.4, 0.5) is 5.69 Å². The Morgan fingerprint density at radius 1 is 1.13 bits per heavy atom. The number of amides is 2. The molecule has 3 rings (SSSR count). The second-order valence-electron chi connectivity index (χ2n) is 7.18. The van der Waals surface area contributed by atoms with E-state index in [4.69, 9.17) is 9.15 Å². The van der Waals surface area contributed by atoms with Gasteiger partial charge in [-0.25, -0.2) is 0 Å². The standard InChI is InChI=1S/C24H25BrN2O4/c1-3-16(2)17-9-10-22(21(25)13-17)31-15-23(28)27-19-7-4-6-18(12-19)24(29)26-14-20-8-5-11-30-20/h4-13,16H,3,14-15H2,1-2H3,(H,26,29)(H,27,28). The molecule has 0 aliphatic rings. The van der Waals surface area contributed by atoms with Gasteiger partial charge in [-0.1, -0.05) is 26.0 Å². The first-order chi connectivity index (χ1) is 15.0. The summed E-state index contributed by atoms with van der Waals surface area (Å²) < 4.78 is 11.7. The molecule has 2 aromatic carbocycles. The van der Waals surface area contributed by atoms with E-state index in [-0.39, 0.29) is 18.4 Å². The van der Waals surface area contributed by atoms with Crippen molar-refractivity contribution in [3.63, 3.8) is 0 Å². The van der Waals surface area contributed by atoms with Gasteiger partial charge in [0.2, 0.25) is 0 Å². The Hall–Kier alpha value is -3.06. The minimum atomic E-state index is -0.314. The summed E-state index contributed by atoms with van der Waals surface area (Å²) in [6, 6.07) is 16.2. The van der Waals surface area contributed by atoms with E-state index in [0.717, 1.165) is 10.9 Å². The van der Waals surface area contributed by atoms with Crippen LogP contribution in [0.3, 0.4) is 0 Å². The minimum Gasteiger partial charge on any atom is -0.483 e. The van der Waals surface area contributed by atoms with Gasteiger partial charge in [-0.15, -0.1) is 0 Å². The number of nitrogens with one attached hydrogen (secondary N) is 2. The summed E-state index contributed by atoms with van der Waals surface area (Å²) in [7, 11) is 0. The molecule has 0 saturated carbocycles. The summed E-state index contributed by atoms with van der Waals surface area (Å²) >= 11 is 3.51. The predicted octanol–water partition coefficient (Wildman–Crippen LogP) is 5.50. The molecule has 31 heavy (non-hydrogen) atoms. The van der Waals surface area contributed by atoms with Gasteiger partial charge in [0, 0.05) is 11.3 Å². The van der Waals surface area contributed by atoms with Crippen LogP contribution < -0.4 is 15.4 Å². The van der Waals surface area contributed by atoms with Crippen LogP contribution in [0.1, 0.15) is 47.9 Å². The molecule has 0 saturated heterocycles. The minimum absolute atomic E-state index is 0.143. The summed E-state index contributed by atoms with van der Waals surface area (Å²) in [6.07, 6.45) is 2.60. The Labute approximate surface area is 190 Å². The van der Waals surface area contributed by atoms with E-state index in [0.29, 0.717) is 35.2 Å². The fourth-order valence-corrected chi connectivity index (χ4v) is 3.45. The maximum Gasteiger partial charge on any atom is 0.262 e. The van der Waals surface area contributed by atoms with Crippen molar-refractivity contribution >= 4 is 33.4 Å². The molecule has 1 aromatic heterocycles. The zero-order chi connectivity index (χ0) is 22.2. The van der Waals surface area contributed by atoms with Crippen LogP contribution in [0.25, 0.3) is 0 Å². The third-order valence-corrected chi connectivity index (χ3v) is 5.53. The van der Waals surface area contributed by atoms with Crippen molar-refractivity contribution in [2.75, 3.05) is 11.9 Å². The van der Waals surface area contributed by atoms with E-state index in [1.807, 2.05) is 18.2 Å². The smallest absolute Gasteiger partial charge is 0.262 e. The summed E-state index contributed by atoms with van der Waals surface area (Å²) in [5.41, 5.74) is 2.17. The molecule has 6 nitrogen and oxygen atoms in total. The van der Waals surface area contributed by atoms with Crippen LogP contribution in [0.2, 0.25) is 0 Å². The van der Waals surface area contributed by atoms with Crippen LogP contribution in [0.15, 0.2) is 69.8 Å². The van der Waals surface area contributed by atoms with E-state index in [1.54, 1.807) is 42.7 Å². The number of furan rings is 1. The first-order valence-electron chi connectivity index (χ1n) is 10.1. The molecule has 1 unspecified atom stereocenters. The fourth-order valence-electron chi connectivity index (χ4n) is 2.94. The molecule has 0 bridgehead atoms. The highest BCUT2D eigenvalue weighted by molar-refractivity contribution is 9.10. The highest BCUT2D eigenvalue weighted by Crippen LogP contribution is 2.30. The number of carbonyl (C=O) groups is 2. The summed E-state index contributed by atoms with van der Waals surface area (Å²) in [6.45, 7) is 4.46. The van der Waals surface area contributed by atoms with Crippen LogP contribution in [-0.4, -0.2) is 18.4 Å². The Kier molecular flexibility index (Phi) is 7.89. The number of rotatable bonds is 9. The number of anilines is 1. The van der Waals surface area contributed by atoms with Crippen molar-refractivity contribution in [2.45, 2.75) is 32.7 Å². The Balaban J connectivity index is 1.53. The molecule has 0 fully saturated rings. The molecule has 2 N–H and O–H groups in total. The van der Waals surface area contributed by atoms with Crippen molar-refractivity contribution in [3.05, 3.63) is 82.2 Å². The zero-order valence-corrected chi connectivity index (χ0v) is 19.1. The SMILES string of the molecule is CCC(C)c1ccc(OCC(=O)Nc2cccc(C(=O)NCc3ccco3)c2)c(Br)c1. The highest BCUT2D eigenvalue weighted by Gasteiger charge is 2.11. The number of ether oxygens (including phenoxy) is 1. The topological polar surface area (TPSA) is 80.6 Å². The van der Waals surface area contributed by atoms with Gasteiger partial charge in [0.1, 0.15) is 11.5 Å². The van der Waals surface area contributed by atoms with Crippen LogP contribution >= 0.6 is 15.9 Å². The van der Waals surface area contributed by atoms with Gasteiger partial charge in [0.15, 0.2) is 6.61 Å². The normalized spacial score (nSPS) is 11.6. The third kappa shape index (κ3) is 6.46. The molecule has 1 heterocycles. The van der Waals surface area contributed by atoms with E-state index in [2.05, 4.69) is 40.4 Å². The number of halogens is 1. The number of hydrogen-bond acceptors (Lipinski definition) is 4. The van der Waals surface area contributed by atoms with E-state index < -0.39 is 0 Å². The van der Waals surface area contributed by atoms with E-state index in [1.165, 1.54) is 5.56 Å². The Morgan fingerprint density at radius 2 is 1.97 bits per heavy atom. The van der Waals surface area contributed by atoms with Gasteiger partial charge in [0.05, 0.1) is 17.3 Å². The highest BCUT2D eigenvalue weighted by atomic mass is 79.9. The van der Waals surface area contributed by atoms with Gasteiger partial charge < -0.3 is 19.8 Å². The maximum atomic E-state index is 12.3. The van der Waals surface area contributed by atoms with Crippen molar-refractivity contribution in [3.8, 4) is 5.75 Å². The van der Waals surface area contributed by atoms with Crippen LogP contribution in [-0.2, 0) is 11.3 Å². The Morgan fingerprint density at radius 3 is 2.68 bits per heavy atom. The predicted molar refractivity (Wildman–Crippen MR) is 123 cm³/mol. The lowest BCUT2D eigenvalue weighted by Crippen LogP contribution is -2.23. The molecular weight excluding hydrogens is 460 g/mol. The maximum absolute atomic E-state index is 12.3. The van der Waals surface area contributed by atoms with Crippen LogP contribution in [0.5, 0.6) is 5.75 Å². The fraction of sp³-hybridized carbons (Fsp3) is 0.250.